The van der Waals surface area contributed by atoms with Crippen LogP contribution < -0.4 is 0 Å². The second kappa shape index (κ2) is 3.50. The summed E-state index contributed by atoms with van der Waals surface area (Å²) in [5.41, 5.74) is -1.39. The number of ether oxygens (including phenoxy) is 1. The lowest BCUT2D eigenvalue weighted by molar-refractivity contribution is 0.0348. The number of alkyl halides is 2. The fourth-order valence-corrected chi connectivity index (χ4v) is 1.54. The van der Waals surface area contributed by atoms with Crippen molar-refractivity contribution in [2.45, 2.75) is 11.8 Å². The van der Waals surface area contributed by atoms with Gasteiger partial charge in [-0.05, 0) is 6.08 Å². The summed E-state index contributed by atoms with van der Waals surface area (Å²) in [5, 5.41) is 0.263. The molecule has 0 radical (unpaired) electrons. The Kier molecular flexibility index (Phi) is 2.84. The number of methoxy groups -OCH3 is 1. The highest BCUT2D eigenvalue weighted by Crippen LogP contribution is 2.26. The van der Waals surface area contributed by atoms with E-state index < -0.39 is 11.8 Å². The minimum Gasteiger partial charge on any atom is -0.374 e. The Balaban J connectivity index is 2.77. The SMILES string of the molecule is COC1C=CC=CC1(F)CBr. The lowest BCUT2D eigenvalue weighted by atomic mass is 9.96. The number of hydrogen-bond donors (Lipinski definition) is 0. The van der Waals surface area contributed by atoms with E-state index in [-0.39, 0.29) is 5.33 Å². The van der Waals surface area contributed by atoms with E-state index in [1.807, 2.05) is 0 Å². The van der Waals surface area contributed by atoms with Crippen LogP contribution >= 0.6 is 15.9 Å². The summed E-state index contributed by atoms with van der Waals surface area (Å²) in [4.78, 5) is 0. The minimum absolute atomic E-state index is 0.263. The Hall–Kier alpha value is -0.150. The standard InChI is InChI=1S/C8H10BrFO/c1-11-7-4-2-3-5-8(7,10)6-9/h2-5,7H,6H2,1H3. The maximum atomic E-state index is 13.7. The Bertz CT molecular complexity index is 191. The smallest absolute Gasteiger partial charge is 0.168 e. The third-order valence-electron chi connectivity index (χ3n) is 1.70. The van der Waals surface area contributed by atoms with Crippen molar-refractivity contribution in [1.29, 1.82) is 0 Å². The molecule has 0 aromatic carbocycles. The van der Waals surface area contributed by atoms with Crippen LogP contribution in [0.5, 0.6) is 0 Å². The van der Waals surface area contributed by atoms with E-state index in [1.165, 1.54) is 13.2 Å². The Morgan fingerprint density at radius 2 is 2.36 bits per heavy atom. The van der Waals surface area contributed by atoms with Crippen LogP contribution in [-0.2, 0) is 4.74 Å². The van der Waals surface area contributed by atoms with Crippen molar-refractivity contribution in [3.8, 4) is 0 Å². The van der Waals surface area contributed by atoms with Crippen LogP contribution in [-0.4, -0.2) is 24.2 Å². The van der Waals surface area contributed by atoms with Gasteiger partial charge in [0.2, 0.25) is 0 Å². The van der Waals surface area contributed by atoms with Crippen molar-refractivity contribution in [2.24, 2.45) is 0 Å². The lowest BCUT2D eigenvalue weighted by Gasteiger charge is -2.27. The van der Waals surface area contributed by atoms with Gasteiger partial charge in [0.1, 0.15) is 6.10 Å². The normalized spacial score (nSPS) is 36.1. The number of allylic oxidation sites excluding steroid dienone is 2. The molecule has 0 saturated carbocycles. The number of hydrogen-bond acceptors (Lipinski definition) is 1. The topological polar surface area (TPSA) is 9.23 Å². The quantitative estimate of drug-likeness (QED) is 0.649. The van der Waals surface area contributed by atoms with Gasteiger partial charge in [-0.1, -0.05) is 34.2 Å². The summed E-state index contributed by atoms with van der Waals surface area (Å²) in [7, 11) is 1.51. The van der Waals surface area contributed by atoms with Crippen LogP contribution in [0.15, 0.2) is 24.3 Å². The van der Waals surface area contributed by atoms with Gasteiger partial charge in [-0.3, -0.25) is 0 Å². The number of halogens is 2. The lowest BCUT2D eigenvalue weighted by Crippen LogP contribution is -2.38. The van der Waals surface area contributed by atoms with Crippen LogP contribution in [0.1, 0.15) is 0 Å². The molecule has 0 aromatic heterocycles. The summed E-state index contributed by atoms with van der Waals surface area (Å²) in [6.45, 7) is 0. The molecule has 2 atom stereocenters. The predicted molar refractivity (Wildman–Crippen MR) is 46.7 cm³/mol. The van der Waals surface area contributed by atoms with Gasteiger partial charge in [-0.25, -0.2) is 4.39 Å². The number of rotatable bonds is 2. The third kappa shape index (κ3) is 1.71. The van der Waals surface area contributed by atoms with Crippen molar-refractivity contribution in [2.75, 3.05) is 12.4 Å². The van der Waals surface area contributed by atoms with E-state index in [2.05, 4.69) is 15.9 Å². The van der Waals surface area contributed by atoms with Crippen molar-refractivity contribution in [1.82, 2.24) is 0 Å². The molecule has 1 rings (SSSR count). The zero-order valence-electron chi connectivity index (χ0n) is 6.26. The highest BCUT2D eigenvalue weighted by atomic mass is 79.9. The molecule has 0 aromatic rings. The van der Waals surface area contributed by atoms with Crippen LogP contribution in [0.3, 0.4) is 0 Å². The van der Waals surface area contributed by atoms with E-state index in [1.54, 1.807) is 18.2 Å². The van der Waals surface area contributed by atoms with Gasteiger partial charge >= 0.3 is 0 Å². The monoisotopic (exact) mass is 220 g/mol. The van der Waals surface area contributed by atoms with Gasteiger partial charge in [0.25, 0.3) is 0 Å². The second-order valence-electron chi connectivity index (χ2n) is 2.46. The van der Waals surface area contributed by atoms with E-state index in [0.717, 1.165) is 0 Å². The molecular formula is C8H10BrFO. The van der Waals surface area contributed by atoms with E-state index in [4.69, 9.17) is 4.74 Å². The maximum Gasteiger partial charge on any atom is 0.168 e. The predicted octanol–water partition coefficient (Wildman–Crippen LogP) is 2.23. The summed E-state index contributed by atoms with van der Waals surface area (Å²) in [6, 6.07) is 0. The first-order valence-electron chi connectivity index (χ1n) is 3.36. The molecule has 0 aliphatic heterocycles. The van der Waals surface area contributed by atoms with Crippen LogP contribution in [0, 0.1) is 0 Å². The molecule has 0 amide bonds. The molecule has 0 spiro atoms. The first kappa shape index (κ1) is 8.94. The van der Waals surface area contributed by atoms with Crippen molar-refractivity contribution >= 4 is 15.9 Å². The first-order chi connectivity index (χ1) is 5.23. The average molecular weight is 221 g/mol. The summed E-state index contributed by atoms with van der Waals surface area (Å²) < 4.78 is 18.6. The van der Waals surface area contributed by atoms with Crippen molar-refractivity contribution < 1.29 is 9.13 Å². The highest BCUT2D eigenvalue weighted by Gasteiger charge is 2.35. The van der Waals surface area contributed by atoms with Gasteiger partial charge in [0.15, 0.2) is 5.67 Å². The fourth-order valence-electron chi connectivity index (χ4n) is 1.03. The van der Waals surface area contributed by atoms with E-state index in [0.29, 0.717) is 0 Å². The van der Waals surface area contributed by atoms with Gasteiger partial charge in [-0.2, -0.15) is 0 Å². The zero-order valence-corrected chi connectivity index (χ0v) is 7.84. The van der Waals surface area contributed by atoms with Gasteiger partial charge < -0.3 is 4.74 Å². The minimum atomic E-state index is -1.39. The molecule has 1 aliphatic carbocycles. The molecule has 2 unspecified atom stereocenters. The van der Waals surface area contributed by atoms with Crippen molar-refractivity contribution in [3.05, 3.63) is 24.3 Å². The molecule has 0 bridgehead atoms. The first-order valence-corrected chi connectivity index (χ1v) is 4.49. The molecular weight excluding hydrogens is 211 g/mol. The fraction of sp³-hybridized carbons (Fsp3) is 0.500. The molecule has 1 aliphatic rings. The van der Waals surface area contributed by atoms with Gasteiger partial charge in [0, 0.05) is 12.4 Å². The van der Waals surface area contributed by atoms with E-state index >= 15 is 0 Å². The molecule has 1 nitrogen and oxygen atoms in total. The van der Waals surface area contributed by atoms with Crippen molar-refractivity contribution in [3.63, 3.8) is 0 Å². The molecule has 0 saturated heterocycles. The molecule has 3 heteroatoms. The van der Waals surface area contributed by atoms with Crippen LogP contribution in [0.2, 0.25) is 0 Å². The molecule has 11 heavy (non-hydrogen) atoms. The zero-order chi connectivity index (χ0) is 8.32. The van der Waals surface area contributed by atoms with Gasteiger partial charge in [-0.15, -0.1) is 0 Å². The molecule has 0 fully saturated rings. The second-order valence-corrected chi connectivity index (χ2v) is 3.02. The molecule has 62 valence electrons. The molecule has 0 N–H and O–H groups in total. The Labute approximate surface area is 74.1 Å². The molecule has 0 heterocycles. The summed E-state index contributed by atoms with van der Waals surface area (Å²) in [6.07, 6.45) is 6.23. The Morgan fingerprint density at radius 3 is 2.82 bits per heavy atom. The maximum absolute atomic E-state index is 13.7. The van der Waals surface area contributed by atoms with E-state index in [9.17, 15) is 4.39 Å². The largest absolute Gasteiger partial charge is 0.374 e. The average Bonchev–Trinajstić information content (AvgIpc) is 2.05. The summed E-state index contributed by atoms with van der Waals surface area (Å²) in [5.74, 6) is 0. The van der Waals surface area contributed by atoms with Gasteiger partial charge in [0.05, 0.1) is 0 Å². The van der Waals surface area contributed by atoms with Crippen LogP contribution in [0.4, 0.5) is 4.39 Å². The Morgan fingerprint density at radius 1 is 1.64 bits per heavy atom. The summed E-state index contributed by atoms with van der Waals surface area (Å²) >= 11 is 3.11. The van der Waals surface area contributed by atoms with Crippen LogP contribution in [0.25, 0.3) is 0 Å². The third-order valence-corrected chi connectivity index (χ3v) is 2.56. The highest BCUT2D eigenvalue weighted by molar-refractivity contribution is 9.09.